The summed E-state index contributed by atoms with van der Waals surface area (Å²) in [6.07, 6.45) is 1.74. The summed E-state index contributed by atoms with van der Waals surface area (Å²) in [7, 11) is 0. The molecule has 134 valence electrons. The molecule has 1 aromatic carbocycles. The van der Waals surface area contributed by atoms with Crippen molar-refractivity contribution in [2.45, 2.75) is 31.5 Å². The van der Waals surface area contributed by atoms with Gasteiger partial charge < -0.3 is 5.11 Å². The average Bonchev–Trinajstić information content (AvgIpc) is 2.93. The van der Waals surface area contributed by atoms with E-state index in [1.54, 1.807) is 24.5 Å². The van der Waals surface area contributed by atoms with Crippen LogP contribution < -0.4 is 0 Å². The molecule has 1 fully saturated rings. The highest BCUT2D eigenvalue weighted by Gasteiger charge is 2.50. The van der Waals surface area contributed by atoms with Crippen LogP contribution in [0.2, 0.25) is 0 Å². The number of nitrogens with zero attached hydrogens (tertiary/aromatic N) is 5. The number of azide groups is 1. The number of aromatic nitrogens is 2. The zero-order chi connectivity index (χ0) is 18.7. The molecular weight excluding hydrogens is 405 g/mol. The number of rotatable bonds is 5. The molecule has 7 nitrogen and oxygen atoms in total. The number of benzene rings is 1. The van der Waals surface area contributed by atoms with E-state index in [1.807, 2.05) is 12.1 Å². The van der Waals surface area contributed by atoms with Crippen molar-refractivity contribution in [1.82, 2.24) is 9.97 Å². The molecule has 1 saturated carbocycles. The van der Waals surface area contributed by atoms with Crippen LogP contribution in [0, 0.1) is 5.41 Å². The number of hydrogen-bond donors (Lipinski definition) is 1. The lowest BCUT2D eigenvalue weighted by atomic mass is 9.79. The molecule has 3 rings (SSSR count). The summed E-state index contributed by atoms with van der Waals surface area (Å²) in [4.78, 5) is 23.0. The summed E-state index contributed by atoms with van der Waals surface area (Å²) in [6.45, 7) is 0. The Balaban J connectivity index is 1.89. The first kappa shape index (κ1) is 18.3. The summed E-state index contributed by atoms with van der Waals surface area (Å²) in [6, 6.07) is 6.27. The summed E-state index contributed by atoms with van der Waals surface area (Å²) in [5.41, 5.74) is 8.75. The Morgan fingerprint density at radius 3 is 2.81 bits per heavy atom. The van der Waals surface area contributed by atoms with Gasteiger partial charge in [0, 0.05) is 22.9 Å². The molecule has 9 heteroatoms. The molecule has 0 bridgehead atoms. The summed E-state index contributed by atoms with van der Waals surface area (Å²) < 4.78 is 14.9. The van der Waals surface area contributed by atoms with Crippen LogP contribution in [0.3, 0.4) is 0 Å². The van der Waals surface area contributed by atoms with Crippen LogP contribution in [0.5, 0.6) is 0 Å². The second-order valence-corrected chi connectivity index (χ2v) is 7.30. The highest BCUT2D eigenvalue weighted by atomic mass is 79.9. The first-order chi connectivity index (χ1) is 12.4. The molecule has 26 heavy (non-hydrogen) atoms. The normalized spacial score (nSPS) is 24.8. The highest BCUT2D eigenvalue weighted by Crippen LogP contribution is 2.44. The van der Waals surface area contributed by atoms with E-state index in [2.05, 4.69) is 35.9 Å². The monoisotopic (exact) mass is 419 g/mol. The van der Waals surface area contributed by atoms with Crippen molar-refractivity contribution in [2.75, 3.05) is 0 Å². The standard InChI is InChI=1S/C17H15BrFN5O2/c18-12-8-21-15(22-9-12)11-3-1-2-10(4-11)5-17(16(25)26)6-13(19)14(7-17)23-24-20/h1-4,8-9,13-14H,5-7H2,(H,25,26)/t13-,14-,17+/m1/s1. The molecule has 0 aliphatic heterocycles. The van der Waals surface area contributed by atoms with Gasteiger partial charge in [-0.3, -0.25) is 4.79 Å². The first-order valence-electron chi connectivity index (χ1n) is 7.92. The fraction of sp³-hybridized carbons (Fsp3) is 0.353. The Bertz CT molecular complexity index is 872. The molecule has 0 saturated heterocycles. The lowest BCUT2D eigenvalue weighted by Crippen LogP contribution is -2.31. The number of carboxylic acid groups (broad SMARTS) is 1. The quantitative estimate of drug-likeness (QED) is 0.441. The second-order valence-electron chi connectivity index (χ2n) is 6.38. The predicted molar refractivity (Wildman–Crippen MR) is 96.0 cm³/mol. The minimum atomic E-state index is -1.46. The zero-order valence-electron chi connectivity index (χ0n) is 13.6. The van der Waals surface area contributed by atoms with E-state index in [4.69, 9.17) is 5.53 Å². The minimum absolute atomic E-state index is 0.0213. The average molecular weight is 420 g/mol. The van der Waals surface area contributed by atoms with Gasteiger partial charge >= 0.3 is 5.97 Å². The third-order valence-corrected chi connectivity index (χ3v) is 5.01. The number of carboxylic acids is 1. The maximum absolute atomic E-state index is 14.2. The molecule has 0 radical (unpaired) electrons. The second kappa shape index (κ2) is 7.39. The van der Waals surface area contributed by atoms with Gasteiger partial charge in [-0.15, -0.1) is 0 Å². The third kappa shape index (κ3) is 3.68. The Morgan fingerprint density at radius 2 is 2.15 bits per heavy atom. The van der Waals surface area contributed by atoms with Crippen LogP contribution in [0.25, 0.3) is 21.8 Å². The van der Waals surface area contributed by atoms with E-state index >= 15 is 0 Å². The Kier molecular flexibility index (Phi) is 5.20. The van der Waals surface area contributed by atoms with Gasteiger partial charge in [0.25, 0.3) is 0 Å². The van der Waals surface area contributed by atoms with Crippen LogP contribution >= 0.6 is 15.9 Å². The number of hydrogen-bond acceptors (Lipinski definition) is 4. The molecule has 0 amide bonds. The zero-order valence-corrected chi connectivity index (χ0v) is 15.2. The van der Waals surface area contributed by atoms with Crippen molar-refractivity contribution in [3.8, 4) is 11.4 Å². The predicted octanol–water partition coefficient (Wildman–Crippen LogP) is 4.33. The van der Waals surface area contributed by atoms with Gasteiger partial charge in [-0.05, 0) is 52.4 Å². The number of carbonyl (C=O) groups is 1. The van der Waals surface area contributed by atoms with E-state index in [0.29, 0.717) is 5.82 Å². The lowest BCUT2D eigenvalue weighted by molar-refractivity contribution is -0.148. The number of alkyl halides is 1. The van der Waals surface area contributed by atoms with E-state index in [0.717, 1.165) is 15.6 Å². The molecule has 1 N–H and O–H groups in total. The van der Waals surface area contributed by atoms with Crippen molar-refractivity contribution in [3.63, 3.8) is 0 Å². The van der Waals surface area contributed by atoms with Crippen LogP contribution in [0.1, 0.15) is 18.4 Å². The van der Waals surface area contributed by atoms with Gasteiger partial charge in [-0.25, -0.2) is 14.4 Å². The molecule has 1 aliphatic carbocycles. The SMILES string of the molecule is [N-]=[N+]=N[C@@H]1C[C@@](Cc2cccc(-c3ncc(Br)cn3)c2)(C(=O)O)C[C@H]1F. The molecular formula is C17H15BrFN5O2. The molecule has 1 aromatic heterocycles. The maximum atomic E-state index is 14.2. The highest BCUT2D eigenvalue weighted by molar-refractivity contribution is 9.10. The van der Waals surface area contributed by atoms with Gasteiger partial charge in [0.2, 0.25) is 0 Å². The van der Waals surface area contributed by atoms with E-state index in [1.165, 1.54) is 0 Å². The molecule has 3 atom stereocenters. The van der Waals surface area contributed by atoms with Crippen molar-refractivity contribution < 1.29 is 14.3 Å². The van der Waals surface area contributed by atoms with Gasteiger partial charge in [0.15, 0.2) is 5.82 Å². The molecule has 0 spiro atoms. The van der Waals surface area contributed by atoms with Gasteiger partial charge in [-0.2, -0.15) is 0 Å². The van der Waals surface area contributed by atoms with Gasteiger partial charge in [-0.1, -0.05) is 23.3 Å². The largest absolute Gasteiger partial charge is 0.481 e. The van der Waals surface area contributed by atoms with Crippen LogP contribution in [0.15, 0.2) is 46.2 Å². The Morgan fingerprint density at radius 1 is 1.42 bits per heavy atom. The third-order valence-electron chi connectivity index (χ3n) is 4.60. The summed E-state index contributed by atoms with van der Waals surface area (Å²) >= 11 is 3.28. The molecule has 0 unspecified atom stereocenters. The van der Waals surface area contributed by atoms with Crippen molar-refractivity contribution in [1.29, 1.82) is 0 Å². The van der Waals surface area contributed by atoms with E-state index in [9.17, 15) is 14.3 Å². The van der Waals surface area contributed by atoms with Crippen molar-refractivity contribution in [3.05, 3.63) is 57.1 Å². The van der Waals surface area contributed by atoms with Crippen LogP contribution in [-0.4, -0.2) is 33.3 Å². The smallest absolute Gasteiger partial charge is 0.310 e. The number of halogens is 2. The van der Waals surface area contributed by atoms with Crippen LogP contribution in [0.4, 0.5) is 4.39 Å². The van der Waals surface area contributed by atoms with E-state index < -0.39 is 23.6 Å². The van der Waals surface area contributed by atoms with Gasteiger partial charge in [0.05, 0.1) is 15.9 Å². The van der Waals surface area contributed by atoms with Crippen LogP contribution in [-0.2, 0) is 11.2 Å². The lowest BCUT2D eigenvalue weighted by Gasteiger charge is -2.24. The van der Waals surface area contributed by atoms with Crippen molar-refractivity contribution >= 4 is 21.9 Å². The van der Waals surface area contributed by atoms with Crippen molar-refractivity contribution in [2.24, 2.45) is 10.5 Å². The molecule has 2 aromatic rings. The van der Waals surface area contributed by atoms with E-state index in [-0.39, 0.29) is 19.3 Å². The molecule has 1 aliphatic rings. The minimum Gasteiger partial charge on any atom is -0.481 e. The Hall–Kier alpha value is -2.51. The number of aliphatic carboxylic acids is 1. The maximum Gasteiger partial charge on any atom is 0.310 e. The fourth-order valence-electron chi connectivity index (χ4n) is 3.37. The summed E-state index contributed by atoms with van der Waals surface area (Å²) in [5.74, 6) is -0.567. The topological polar surface area (TPSA) is 112 Å². The Labute approximate surface area is 157 Å². The first-order valence-corrected chi connectivity index (χ1v) is 8.71. The molecule has 1 heterocycles. The summed E-state index contributed by atoms with van der Waals surface area (Å²) in [5, 5.41) is 13.1. The van der Waals surface area contributed by atoms with Gasteiger partial charge in [0.1, 0.15) is 6.17 Å². The fourth-order valence-corrected chi connectivity index (χ4v) is 3.57.